The number of amides is 1. The van der Waals surface area contributed by atoms with Crippen molar-refractivity contribution in [1.29, 1.82) is 0 Å². The normalized spacial score (nSPS) is 18.6. The van der Waals surface area contributed by atoms with E-state index in [1.54, 1.807) is 24.3 Å². The standard InChI is InChI=1S/C22H25N5O3S/c23-27-25-19-8-5-15(6-9-19)13-21(22(28)24-18-10-11-18)26-31(29,30)20-12-7-16-3-1-2-4-17(16)14-20/h1-8,12,14,18,21,26-27H,9-11,13,23H2,(H,24,28)/t21-/m0/s1. The van der Waals surface area contributed by atoms with Gasteiger partial charge in [0.25, 0.3) is 0 Å². The highest BCUT2D eigenvalue weighted by atomic mass is 32.2. The van der Waals surface area contributed by atoms with Crippen LogP contribution >= 0.6 is 0 Å². The molecule has 8 nitrogen and oxygen atoms in total. The second kappa shape index (κ2) is 9.01. The van der Waals surface area contributed by atoms with Crippen molar-refractivity contribution < 1.29 is 13.2 Å². The zero-order valence-corrected chi connectivity index (χ0v) is 17.7. The monoisotopic (exact) mass is 439 g/mol. The Hall–Kier alpha value is -3.01. The molecule has 2 aromatic rings. The van der Waals surface area contributed by atoms with Crippen LogP contribution in [0.3, 0.4) is 0 Å². The Labute approximate surface area is 181 Å². The Morgan fingerprint density at radius 1 is 1.13 bits per heavy atom. The molecular formula is C22H25N5O3S. The fourth-order valence-corrected chi connectivity index (χ4v) is 4.67. The van der Waals surface area contributed by atoms with Crippen LogP contribution in [0.5, 0.6) is 0 Å². The maximum atomic E-state index is 13.1. The molecule has 1 fully saturated rings. The average molecular weight is 440 g/mol. The van der Waals surface area contributed by atoms with E-state index in [2.05, 4.69) is 20.7 Å². The van der Waals surface area contributed by atoms with Gasteiger partial charge in [-0.2, -0.15) is 9.82 Å². The Kier molecular flexibility index (Phi) is 6.17. The van der Waals surface area contributed by atoms with Gasteiger partial charge in [-0.1, -0.05) is 42.5 Å². The quantitative estimate of drug-likeness (QED) is 0.369. The summed E-state index contributed by atoms with van der Waals surface area (Å²) in [5.41, 5.74) is 3.86. The molecule has 1 saturated carbocycles. The van der Waals surface area contributed by atoms with Crippen LogP contribution in [0.2, 0.25) is 0 Å². The van der Waals surface area contributed by atoms with E-state index in [0.29, 0.717) is 6.42 Å². The Morgan fingerprint density at radius 2 is 1.90 bits per heavy atom. The zero-order chi connectivity index (χ0) is 21.8. The van der Waals surface area contributed by atoms with Crippen molar-refractivity contribution in [2.45, 2.75) is 42.7 Å². The number of nitrogens with zero attached hydrogens (tertiary/aromatic N) is 1. The second-order valence-corrected chi connectivity index (χ2v) is 9.43. The summed E-state index contributed by atoms with van der Waals surface area (Å²) in [4.78, 5) is 12.9. The van der Waals surface area contributed by atoms with E-state index >= 15 is 0 Å². The molecule has 1 amide bonds. The Bertz CT molecular complexity index is 1180. The molecule has 5 N–H and O–H groups in total. The first-order valence-corrected chi connectivity index (χ1v) is 11.6. The summed E-state index contributed by atoms with van der Waals surface area (Å²) in [5, 5.41) is 8.61. The minimum atomic E-state index is -3.89. The maximum absolute atomic E-state index is 13.1. The molecule has 0 bridgehead atoms. The molecule has 4 rings (SSSR count). The lowest BCUT2D eigenvalue weighted by Gasteiger charge is -2.20. The van der Waals surface area contributed by atoms with E-state index in [0.717, 1.165) is 34.9 Å². The molecule has 0 aliphatic heterocycles. The molecule has 0 radical (unpaired) electrons. The van der Waals surface area contributed by atoms with Gasteiger partial charge < -0.3 is 5.32 Å². The number of hydrogen-bond donors (Lipinski definition) is 4. The van der Waals surface area contributed by atoms with Gasteiger partial charge in [-0.25, -0.2) is 19.8 Å². The predicted molar refractivity (Wildman–Crippen MR) is 120 cm³/mol. The molecule has 0 spiro atoms. The van der Waals surface area contributed by atoms with Crippen molar-refractivity contribution >= 4 is 32.4 Å². The van der Waals surface area contributed by atoms with Crippen molar-refractivity contribution in [3.63, 3.8) is 0 Å². The number of nitrogens with one attached hydrogen (secondary N) is 3. The number of rotatable bonds is 8. The molecule has 2 aliphatic rings. The summed E-state index contributed by atoms with van der Waals surface area (Å²) < 4.78 is 28.8. The summed E-state index contributed by atoms with van der Waals surface area (Å²) in [6.07, 6.45) is 8.16. The molecule has 0 saturated heterocycles. The number of benzene rings is 2. The third kappa shape index (κ3) is 5.38. The van der Waals surface area contributed by atoms with Gasteiger partial charge in [-0.15, -0.1) is 0 Å². The molecule has 2 aliphatic carbocycles. The van der Waals surface area contributed by atoms with E-state index in [1.165, 1.54) is 0 Å². The topological polar surface area (TPSA) is 126 Å². The van der Waals surface area contributed by atoms with Gasteiger partial charge in [-0.05, 0) is 53.8 Å². The highest BCUT2D eigenvalue weighted by Crippen LogP contribution is 2.22. The van der Waals surface area contributed by atoms with E-state index < -0.39 is 16.1 Å². The van der Waals surface area contributed by atoms with Crippen LogP contribution in [-0.4, -0.2) is 32.1 Å². The first-order valence-electron chi connectivity index (χ1n) is 10.2. The maximum Gasteiger partial charge on any atom is 0.241 e. The molecule has 9 heteroatoms. The number of hydrogen-bond acceptors (Lipinski definition) is 6. The first kappa shape index (κ1) is 21.2. The molecular weight excluding hydrogens is 414 g/mol. The number of allylic oxidation sites excluding steroid dienone is 3. The lowest BCUT2D eigenvalue weighted by atomic mass is 9.99. The summed E-state index contributed by atoms with van der Waals surface area (Å²) >= 11 is 0. The van der Waals surface area contributed by atoms with Crippen molar-refractivity contribution in [2.24, 2.45) is 10.9 Å². The van der Waals surface area contributed by atoms with Crippen molar-refractivity contribution in [1.82, 2.24) is 15.6 Å². The highest BCUT2D eigenvalue weighted by molar-refractivity contribution is 7.89. The van der Waals surface area contributed by atoms with Crippen molar-refractivity contribution in [3.05, 3.63) is 66.3 Å². The van der Waals surface area contributed by atoms with Crippen LogP contribution in [0.15, 0.2) is 76.3 Å². The van der Waals surface area contributed by atoms with Gasteiger partial charge >= 0.3 is 0 Å². The fourth-order valence-electron chi connectivity index (χ4n) is 3.44. The van der Waals surface area contributed by atoms with Gasteiger partial charge in [0.05, 0.1) is 10.6 Å². The SMILES string of the molecule is NNN=C1C=CC(C[C@H](NS(=O)(=O)c2ccc3ccccc3c2)C(=O)NC2CC2)=CC1. The molecule has 1 atom stereocenters. The predicted octanol–water partition coefficient (Wildman–Crippen LogP) is 1.86. The van der Waals surface area contributed by atoms with Gasteiger partial charge in [-0.3, -0.25) is 4.79 Å². The molecule has 0 heterocycles. The average Bonchev–Trinajstić information content (AvgIpc) is 3.58. The molecule has 0 aromatic heterocycles. The fraction of sp³-hybridized carbons (Fsp3) is 0.273. The molecule has 162 valence electrons. The minimum Gasteiger partial charge on any atom is -0.352 e. The van der Waals surface area contributed by atoms with Crippen LogP contribution in [0, 0.1) is 0 Å². The van der Waals surface area contributed by atoms with Crippen LogP contribution in [0.25, 0.3) is 10.8 Å². The van der Waals surface area contributed by atoms with Crippen LogP contribution < -0.4 is 21.4 Å². The van der Waals surface area contributed by atoms with Gasteiger partial charge in [0, 0.05) is 12.5 Å². The lowest BCUT2D eigenvalue weighted by molar-refractivity contribution is -0.122. The largest absolute Gasteiger partial charge is 0.352 e. The van der Waals surface area contributed by atoms with Crippen LogP contribution in [0.1, 0.15) is 25.7 Å². The zero-order valence-electron chi connectivity index (χ0n) is 16.9. The van der Waals surface area contributed by atoms with Crippen molar-refractivity contribution in [3.8, 4) is 0 Å². The van der Waals surface area contributed by atoms with Gasteiger partial charge in [0.1, 0.15) is 6.04 Å². The number of hydrazone groups is 1. The molecule has 0 unspecified atom stereocenters. The highest BCUT2D eigenvalue weighted by Gasteiger charge is 2.31. The van der Waals surface area contributed by atoms with Crippen LogP contribution in [0.4, 0.5) is 0 Å². The third-order valence-electron chi connectivity index (χ3n) is 5.28. The van der Waals surface area contributed by atoms with E-state index in [-0.39, 0.29) is 23.3 Å². The number of sulfonamides is 1. The minimum absolute atomic E-state index is 0.130. The Balaban J connectivity index is 1.55. The second-order valence-electron chi connectivity index (χ2n) is 7.72. The number of fused-ring (bicyclic) bond motifs is 1. The summed E-state index contributed by atoms with van der Waals surface area (Å²) in [5.74, 6) is 4.89. The van der Waals surface area contributed by atoms with Gasteiger partial charge in [0.15, 0.2) is 0 Å². The third-order valence-corrected chi connectivity index (χ3v) is 6.75. The van der Waals surface area contributed by atoms with E-state index in [4.69, 9.17) is 5.84 Å². The first-order chi connectivity index (χ1) is 14.9. The summed E-state index contributed by atoms with van der Waals surface area (Å²) in [6, 6.07) is 11.7. The smallest absolute Gasteiger partial charge is 0.241 e. The van der Waals surface area contributed by atoms with Crippen LogP contribution in [-0.2, 0) is 14.8 Å². The molecule has 31 heavy (non-hydrogen) atoms. The van der Waals surface area contributed by atoms with Crippen molar-refractivity contribution in [2.75, 3.05) is 0 Å². The van der Waals surface area contributed by atoms with E-state index in [9.17, 15) is 13.2 Å². The van der Waals surface area contributed by atoms with Gasteiger partial charge in [0.2, 0.25) is 15.9 Å². The summed E-state index contributed by atoms with van der Waals surface area (Å²) in [6.45, 7) is 0. The Morgan fingerprint density at radius 3 is 2.58 bits per heavy atom. The number of carbonyl (C=O) groups excluding carboxylic acids is 1. The number of carbonyl (C=O) groups is 1. The van der Waals surface area contributed by atoms with E-state index in [1.807, 2.05) is 36.4 Å². The number of hydrazine groups is 1. The lowest BCUT2D eigenvalue weighted by Crippen LogP contribution is -2.47. The number of nitrogens with two attached hydrogens (primary N) is 1. The molecule has 2 aromatic carbocycles. The summed E-state index contributed by atoms with van der Waals surface area (Å²) in [7, 11) is -3.89.